The molecule has 1 unspecified atom stereocenters. The molecule has 118 valence electrons. The molecule has 1 aromatic rings. The van der Waals surface area contributed by atoms with E-state index in [0.717, 1.165) is 31.4 Å². The van der Waals surface area contributed by atoms with Crippen LogP contribution in [-0.4, -0.2) is 17.9 Å². The predicted octanol–water partition coefficient (Wildman–Crippen LogP) is 3.34. The Morgan fingerprint density at radius 3 is 2.32 bits per heavy atom. The molecule has 2 aliphatic rings. The molecule has 2 aliphatic carbocycles. The van der Waals surface area contributed by atoms with Gasteiger partial charge in [0, 0.05) is 23.2 Å². The molecule has 4 heteroatoms. The zero-order valence-corrected chi connectivity index (χ0v) is 13.3. The lowest BCUT2D eigenvalue weighted by Crippen LogP contribution is -2.41. The minimum atomic E-state index is -0.0277. The van der Waals surface area contributed by atoms with Gasteiger partial charge >= 0.3 is 0 Å². The van der Waals surface area contributed by atoms with Crippen LogP contribution < -0.4 is 10.6 Å². The number of nitrogens with one attached hydrogen (secondary N) is 2. The van der Waals surface area contributed by atoms with Crippen molar-refractivity contribution in [3.63, 3.8) is 0 Å². The second-order valence-corrected chi connectivity index (χ2v) is 7.25. The predicted molar refractivity (Wildman–Crippen MR) is 86.7 cm³/mol. The van der Waals surface area contributed by atoms with Crippen molar-refractivity contribution in [3.8, 4) is 0 Å². The third kappa shape index (κ3) is 3.32. The first-order valence-corrected chi connectivity index (χ1v) is 8.17. The Balaban J connectivity index is 1.59. The smallest absolute Gasteiger partial charge is 0.251 e. The fraction of sp³-hybridized carbons (Fsp3) is 0.556. The summed E-state index contributed by atoms with van der Waals surface area (Å²) in [5.41, 5.74) is 1.58. The quantitative estimate of drug-likeness (QED) is 0.896. The molecule has 1 aromatic carbocycles. The second-order valence-electron chi connectivity index (χ2n) is 7.25. The molecule has 0 bridgehead atoms. The van der Waals surface area contributed by atoms with E-state index in [4.69, 9.17) is 0 Å². The molecule has 0 aliphatic heterocycles. The van der Waals surface area contributed by atoms with Gasteiger partial charge in [-0.15, -0.1) is 0 Å². The molecule has 22 heavy (non-hydrogen) atoms. The second kappa shape index (κ2) is 5.75. The van der Waals surface area contributed by atoms with Crippen molar-refractivity contribution in [2.24, 2.45) is 11.3 Å². The van der Waals surface area contributed by atoms with Crippen LogP contribution in [-0.2, 0) is 4.79 Å². The number of rotatable bonds is 4. The van der Waals surface area contributed by atoms with Gasteiger partial charge in [0.15, 0.2) is 0 Å². The first-order chi connectivity index (χ1) is 10.5. The van der Waals surface area contributed by atoms with E-state index in [1.54, 1.807) is 24.3 Å². The molecule has 0 radical (unpaired) electrons. The monoisotopic (exact) mass is 300 g/mol. The van der Waals surface area contributed by atoms with E-state index >= 15 is 0 Å². The number of amides is 2. The van der Waals surface area contributed by atoms with E-state index < -0.39 is 0 Å². The topological polar surface area (TPSA) is 58.2 Å². The molecule has 0 spiro atoms. The lowest BCUT2D eigenvalue weighted by atomic mass is 9.87. The molecule has 0 aromatic heterocycles. The van der Waals surface area contributed by atoms with Crippen molar-refractivity contribution < 1.29 is 9.59 Å². The summed E-state index contributed by atoms with van der Waals surface area (Å²) in [4.78, 5) is 24.0. The Morgan fingerprint density at radius 1 is 1.09 bits per heavy atom. The molecule has 2 amide bonds. The Kier molecular flexibility index (Phi) is 3.94. The van der Waals surface area contributed by atoms with Gasteiger partial charge in [0.05, 0.1) is 0 Å². The normalized spacial score (nSPS) is 23.1. The summed E-state index contributed by atoms with van der Waals surface area (Å²) in [5.74, 6) is 0.248. The maximum Gasteiger partial charge on any atom is 0.251 e. The van der Waals surface area contributed by atoms with E-state index in [1.165, 1.54) is 6.42 Å². The molecule has 0 heterocycles. The largest absolute Gasteiger partial charge is 0.349 e. The third-order valence-electron chi connectivity index (χ3n) is 4.93. The van der Waals surface area contributed by atoms with Crippen molar-refractivity contribution in [1.82, 2.24) is 5.32 Å². The van der Waals surface area contributed by atoms with Crippen LogP contribution in [0.4, 0.5) is 5.69 Å². The SMILES string of the molecule is CC1(C)CCCC1NC(=O)c1ccc(NC(=O)C2CC2)cc1. The molecule has 1 atom stereocenters. The number of hydrogen-bond donors (Lipinski definition) is 2. The Hall–Kier alpha value is -1.84. The van der Waals surface area contributed by atoms with Gasteiger partial charge in [-0.25, -0.2) is 0 Å². The van der Waals surface area contributed by atoms with Crippen molar-refractivity contribution >= 4 is 17.5 Å². The van der Waals surface area contributed by atoms with Crippen LogP contribution in [0.25, 0.3) is 0 Å². The number of carbonyl (C=O) groups is 2. The van der Waals surface area contributed by atoms with E-state index in [-0.39, 0.29) is 29.2 Å². The highest BCUT2D eigenvalue weighted by Crippen LogP contribution is 2.37. The fourth-order valence-electron chi connectivity index (χ4n) is 3.13. The van der Waals surface area contributed by atoms with Gasteiger partial charge in [0.1, 0.15) is 0 Å². The van der Waals surface area contributed by atoms with Crippen molar-refractivity contribution in [1.29, 1.82) is 0 Å². The Morgan fingerprint density at radius 2 is 1.77 bits per heavy atom. The summed E-state index contributed by atoms with van der Waals surface area (Å²) in [7, 11) is 0. The number of hydrogen-bond acceptors (Lipinski definition) is 2. The van der Waals surface area contributed by atoms with E-state index in [0.29, 0.717) is 5.56 Å². The van der Waals surface area contributed by atoms with Crippen molar-refractivity contribution in [2.75, 3.05) is 5.32 Å². The lowest BCUT2D eigenvalue weighted by molar-refractivity contribution is -0.117. The van der Waals surface area contributed by atoms with Crippen LogP contribution in [0.5, 0.6) is 0 Å². The van der Waals surface area contributed by atoms with Gasteiger partial charge in [-0.3, -0.25) is 9.59 Å². The maximum atomic E-state index is 12.3. The van der Waals surface area contributed by atoms with Crippen LogP contribution in [0.3, 0.4) is 0 Å². The standard InChI is InChI=1S/C18H24N2O2/c1-18(2)11-3-4-15(18)20-17(22)13-7-9-14(10-8-13)19-16(21)12-5-6-12/h7-10,12,15H,3-6,11H2,1-2H3,(H,19,21)(H,20,22). The average Bonchev–Trinajstić information content (AvgIpc) is 3.26. The van der Waals surface area contributed by atoms with E-state index in [1.807, 2.05) is 0 Å². The summed E-state index contributed by atoms with van der Waals surface area (Å²) in [6.45, 7) is 4.42. The summed E-state index contributed by atoms with van der Waals surface area (Å²) in [5, 5.41) is 6.03. The van der Waals surface area contributed by atoms with Crippen molar-refractivity contribution in [3.05, 3.63) is 29.8 Å². The molecule has 2 saturated carbocycles. The molecule has 0 saturated heterocycles. The summed E-state index contributed by atoms with van der Waals surface area (Å²) >= 11 is 0. The Bertz CT molecular complexity index is 573. The highest BCUT2D eigenvalue weighted by Gasteiger charge is 2.35. The molecule has 4 nitrogen and oxygen atoms in total. The van der Waals surface area contributed by atoms with Crippen LogP contribution in [0, 0.1) is 11.3 Å². The zero-order chi connectivity index (χ0) is 15.7. The first-order valence-electron chi connectivity index (χ1n) is 8.17. The molecule has 3 rings (SSSR count). The van der Waals surface area contributed by atoms with E-state index in [2.05, 4.69) is 24.5 Å². The van der Waals surface area contributed by atoms with Crippen LogP contribution in [0.1, 0.15) is 56.3 Å². The van der Waals surface area contributed by atoms with Gasteiger partial charge < -0.3 is 10.6 Å². The molecular formula is C18H24N2O2. The summed E-state index contributed by atoms with van der Waals surface area (Å²) in [6.07, 6.45) is 5.36. The average molecular weight is 300 g/mol. The number of benzene rings is 1. The minimum Gasteiger partial charge on any atom is -0.349 e. The van der Waals surface area contributed by atoms with Gasteiger partial charge in [-0.2, -0.15) is 0 Å². The van der Waals surface area contributed by atoms with Crippen LogP contribution in [0.2, 0.25) is 0 Å². The van der Waals surface area contributed by atoms with Gasteiger partial charge in [-0.05, 0) is 55.4 Å². The van der Waals surface area contributed by atoms with Gasteiger partial charge in [-0.1, -0.05) is 20.3 Å². The number of carbonyl (C=O) groups excluding carboxylic acids is 2. The van der Waals surface area contributed by atoms with Gasteiger partial charge in [0.25, 0.3) is 5.91 Å². The summed E-state index contributed by atoms with van der Waals surface area (Å²) < 4.78 is 0. The van der Waals surface area contributed by atoms with E-state index in [9.17, 15) is 9.59 Å². The van der Waals surface area contributed by atoms with Crippen molar-refractivity contribution in [2.45, 2.75) is 52.0 Å². The van der Waals surface area contributed by atoms with Crippen LogP contribution >= 0.6 is 0 Å². The molecule has 2 N–H and O–H groups in total. The fourth-order valence-corrected chi connectivity index (χ4v) is 3.13. The third-order valence-corrected chi connectivity index (χ3v) is 4.93. The molecule has 2 fully saturated rings. The van der Waals surface area contributed by atoms with Gasteiger partial charge in [0.2, 0.25) is 5.91 Å². The van der Waals surface area contributed by atoms with Crippen LogP contribution in [0.15, 0.2) is 24.3 Å². The highest BCUT2D eigenvalue weighted by atomic mass is 16.2. The Labute approximate surface area is 131 Å². The highest BCUT2D eigenvalue weighted by molar-refractivity contribution is 5.96. The minimum absolute atomic E-state index is 0.0277. The molecular weight excluding hydrogens is 276 g/mol. The first kappa shape index (κ1) is 15.1. The maximum absolute atomic E-state index is 12.3. The number of anilines is 1. The lowest BCUT2D eigenvalue weighted by Gasteiger charge is -2.27. The summed E-state index contributed by atoms with van der Waals surface area (Å²) in [6, 6.07) is 7.40. The zero-order valence-electron chi connectivity index (χ0n) is 13.3.